The molecule has 0 bridgehead atoms. The van der Waals surface area contributed by atoms with Gasteiger partial charge in [-0.05, 0) is 24.8 Å². The number of nitrogens with zero attached hydrogens (tertiary/aromatic N) is 3. The molecule has 8 heteroatoms. The van der Waals surface area contributed by atoms with Crippen LogP contribution in [0, 0.1) is 11.8 Å². The minimum absolute atomic E-state index is 0.0937. The summed E-state index contributed by atoms with van der Waals surface area (Å²) < 4.78 is 6.59. The van der Waals surface area contributed by atoms with Crippen LogP contribution in [0.4, 0.5) is 0 Å². The van der Waals surface area contributed by atoms with Gasteiger partial charge in [0.1, 0.15) is 11.6 Å². The molecule has 35 heavy (non-hydrogen) atoms. The Morgan fingerprint density at radius 3 is 2.57 bits per heavy atom. The van der Waals surface area contributed by atoms with Crippen molar-refractivity contribution in [2.75, 3.05) is 33.3 Å². The number of fused-ring (bicyclic) bond motifs is 2. The van der Waals surface area contributed by atoms with E-state index < -0.39 is 29.6 Å². The van der Waals surface area contributed by atoms with Crippen LogP contribution in [-0.2, 0) is 25.7 Å². The van der Waals surface area contributed by atoms with Gasteiger partial charge in [-0.2, -0.15) is 0 Å². The molecule has 186 valence electrons. The molecule has 1 N–H and O–H groups in total. The highest BCUT2D eigenvalue weighted by Gasteiger charge is 2.71. The van der Waals surface area contributed by atoms with Crippen molar-refractivity contribution in [3.63, 3.8) is 0 Å². The number of likely N-dealkylation sites (N-methyl/N-ethyl adjacent to an activating group) is 1. The second kappa shape index (κ2) is 9.59. The van der Waals surface area contributed by atoms with Crippen LogP contribution < -0.4 is 0 Å². The standard InChI is InChI=1S/C27H33N3O5/c1-28-14-8-12-20-21(24(28)32)22-25(33)30(16-6-3-7-17-31)23-26(34)29(15-9-13-27(22,23)35-20)18-19-10-4-2-5-11-19/h2,4-5,8-13,20-23,31H,3,6-7,14-18H2,1H3/t20-,21+,22+,23?,27+/m1/s1. The van der Waals surface area contributed by atoms with E-state index in [1.54, 1.807) is 21.7 Å². The maximum absolute atomic E-state index is 14.1. The quantitative estimate of drug-likeness (QED) is 0.471. The molecule has 4 aliphatic heterocycles. The smallest absolute Gasteiger partial charge is 0.249 e. The Balaban J connectivity index is 1.52. The number of likely N-dealkylation sites (tertiary alicyclic amines) is 1. The van der Waals surface area contributed by atoms with Gasteiger partial charge in [-0.15, -0.1) is 0 Å². The summed E-state index contributed by atoms with van der Waals surface area (Å²) in [5, 5.41) is 9.17. The van der Waals surface area contributed by atoms with E-state index in [4.69, 9.17) is 4.74 Å². The van der Waals surface area contributed by atoms with Gasteiger partial charge >= 0.3 is 0 Å². The molecular weight excluding hydrogens is 446 g/mol. The normalized spacial score (nSPS) is 31.9. The van der Waals surface area contributed by atoms with Gasteiger partial charge in [-0.25, -0.2) is 0 Å². The number of benzene rings is 1. The van der Waals surface area contributed by atoms with Crippen LogP contribution in [0.25, 0.3) is 0 Å². The van der Waals surface area contributed by atoms with Crippen molar-refractivity contribution in [3.8, 4) is 0 Å². The monoisotopic (exact) mass is 479 g/mol. The molecule has 1 aromatic carbocycles. The lowest BCUT2D eigenvalue weighted by molar-refractivity contribution is -0.148. The van der Waals surface area contributed by atoms with Gasteiger partial charge in [0.25, 0.3) is 0 Å². The van der Waals surface area contributed by atoms with E-state index in [0.29, 0.717) is 39.0 Å². The van der Waals surface area contributed by atoms with Crippen LogP contribution in [0.1, 0.15) is 24.8 Å². The maximum atomic E-state index is 14.1. The molecule has 5 rings (SSSR count). The molecule has 3 amide bonds. The van der Waals surface area contributed by atoms with Crippen LogP contribution >= 0.6 is 0 Å². The van der Waals surface area contributed by atoms with E-state index >= 15 is 0 Å². The number of hydrogen-bond donors (Lipinski definition) is 1. The number of hydrogen-bond acceptors (Lipinski definition) is 5. The van der Waals surface area contributed by atoms with Crippen molar-refractivity contribution in [1.29, 1.82) is 0 Å². The summed E-state index contributed by atoms with van der Waals surface area (Å²) >= 11 is 0. The Morgan fingerprint density at radius 1 is 1.00 bits per heavy atom. The molecule has 1 aromatic rings. The van der Waals surface area contributed by atoms with Crippen LogP contribution in [0.5, 0.6) is 0 Å². The van der Waals surface area contributed by atoms with Gasteiger partial charge in [0.15, 0.2) is 0 Å². The van der Waals surface area contributed by atoms with E-state index in [2.05, 4.69) is 0 Å². The highest BCUT2D eigenvalue weighted by Crippen LogP contribution is 2.53. The number of rotatable bonds is 7. The highest BCUT2D eigenvalue weighted by atomic mass is 16.5. The summed E-state index contributed by atoms with van der Waals surface area (Å²) in [5.41, 5.74) is -0.165. The first-order valence-electron chi connectivity index (χ1n) is 12.5. The van der Waals surface area contributed by atoms with E-state index in [1.807, 2.05) is 54.6 Å². The van der Waals surface area contributed by atoms with Gasteiger partial charge in [0, 0.05) is 39.8 Å². The number of amides is 3. The molecule has 0 radical (unpaired) electrons. The SMILES string of the molecule is CN1CC=C[C@H]2O[C@]34C=CCN(Cc5ccccc5)C(=O)C3N(CCCCCO)C(=O)[C@@H]4[C@H]2C1=O. The molecule has 8 nitrogen and oxygen atoms in total. The zero-order valence-corrected chi connectivity index (χ0v) is 20.1. The Morgan fingerprint density at radius 2 is 1.80 bits per heavy atom. The number of carbonyl (C=O) groups is 3. The van der Waals surface area contributed by atoms with Gasteiger partial charge < -0.3 is 24.5 Å². The highest BCUT2D eigenvalue weighted by molar-refractivity contribution is 5.99. The average Bonchev–Trinajstić information content (AvgIpc) is 3.18. The predicted octanol–water partition coefficient (Wildman–Crippen LogP) is 1.36. The molecule has 5 atom stereocenters. The second-order valence-electron chi connectivity index (χ2n) is 9.91. The molecule has 2 saturated heterocycles. The molecule has 2 fully saturated rings. The van der Waals surface area contributed by atoms with Crippen molar-refractivity contribution in [2.24, 2.45) is 11.8 Å². The lowest BCUT2D eigenvalue weighted by Crippen LogP contribution is -2.55. The summed E-state index contributed by atoms with van der Waals surface area (Å²) in [6, 6.07) is 8.97. The molecule has 0 aromatic heterocycles. The molecule has 0 saturated carbocycles. The maximum Gasteiger partial charge on any atom is 0.249 e. The second-order valence-corrected chi connectivity index (χ2v) is 9.91. The lowest BCUT2D eigenvalue weighted by Gasteiger charge is -2.35. The first-order valence-corrected chi connectivity index (χ1v) is 12.5. The first kappa shape index (κ1) is 23.8. The number of ether oxygens (including phenoxy) is 1. The fraction of sp³-hybridized carbons (Fsp3) is 0.519. The van der Waals surface area contributed by atoms with Gasteiger partial charge in [0.05, 0.1) is 17.9 Å². The molecular formula is C27H33N3O5. The summed E-state index contributed by atoms with van der Waals surface area (Å²) in [7, 11) is 1.74. The minimum atomic E-state index is -1.18. The number of carbonyl (C=O) groups excluding carboxylic acids is 3. The van der Waals surface area contributed by atoms with Crippen molar-refractivity contribution in [3.05, 3.63) is 60.2 Å². The van der Waals surface area contributed by atoms with E-state index in [9.17, 15) is 19.5 Å². The number of aliphatic hydroxyl groups is 1. The average molecular weight is 480 g/mol. The van der Waals surface area contributed by atoms with Crippen molar-refractivity contribution < 1.29 is 24.2 Å². The lowest BCUT2D eigenvalue weighted by atomic mass is 9.77. The molecule has 4 heterocycles. The summed E-state index contributed by atoms with van der Waals surface area (Å²) in [5.74, 6) is -1.87. The fourth-order valence-electron chi connectivity index (χ4n) is 6.07. The van der Waals surface area contributed by atoms with E-state index in [1.165, 1.54) is 0 Å². The first-order chi connectivity index (χ1) is 17.0. The van der Waals surface area contributed by atoms with E-state index in [0.717, 1.165) is 12.0 Å². The predicted molar refractivity (Wildman–Crippen MR) is 129 cm³/mol. The van der Waals surface area contributed by atoms with E-state index in [-0.39, 0.29) is 24.3 Å². The van der Waals surface area contributed by atoms with Crippen LogP contribution in [-0.4, -0.2) is 88.6 Å². The summed E-state index contributed by atoms with van der Waals surface area (Å²) in [4.78, 5) is 46.4. The van der Waals surface area contributed by atoms with Crippen molar-refractivity contribution in [2.45, 2.75) is 43.6 Å². The Hall–Kier alpha value is -2.97. The van der Waals surface area contributed by atoms with Crippen LogP contribution in [0.3, 0.4) is 0 Å². The number of unbranched alkanes of at least 4 members (excludes halogenated alkanes) is 2. The molecule has 1 spiro atoms. The summed E-state index contributed by atoms with van der Waals surface area (Å²) in [6.07, 6.45) is 9.09. The van der Waals surface area contributed by atoms with Crippen molar-refractivity contribution >= 4 is 17.7 Å². The largest absolute Gasteiger partial charge is 0.396 e. The Bertz CT molecular complexity index is 1040. The zero-order chi connectivity index (χ0) is 24.6. The van der Waals surface area contributed by atoms with Gasteiger partial charge in [-0.3, -0.25) is 14.4 Å². The van der Waals surface area contributed by atoms with Gasteiger partial charge in [0.2, 0.25) is 17.7 Å². The fourth-order valence-corrected chi connectivity index (χ4v) is 6.07. The third-order valence-corrected chi connectivity index (χ3v) is 7.72. The van der Waals surface area contributed by atoms with Crippen LogP contribution in [0.15, 0.2) is 54.6 Å². The third kappa shape index (κ3) is 3.98. The van der Waals surface area contributed by atoms with Crippen LogP contribution in [0.2, 0.25) is 0 Å². The molecule has 0 aliphatic carbocycles. The Labute approximate surface area is 205 Å². The Kier molecular flexibility index (Phi) is 6.51. The van der Waals surface area contributed by atoms with Gasteiger partial charge in [-0.1, -0.05) is 54.6 Å². The zero-order valence-electron chi connectivity index (χ0n) is 20.1. The third-order valence-electron chi connectivity index (χ3n) is 7.72. The summed E-state index contributed by atoms with van der Waals surface area (Å²) in [6.45, 7) is 1.80. The molecule has 4 aliphatic rings. The topological polar surface area (TPSA) is 90.4 Å². The number of aliphatic hydroxyl groups excluding tert-OH is 1. The minimum Gasteiger partial charge on any atom is -0.396 e. The van der Waals surface area contributed by atoms with Crippen molar-refractivity contribution in [1.82, 2.24) is 14.7 Å². The molecule has 1 unspecified atom stereocenters.